The van der Waals surface area contributed by atoms with E-state index in [0.29, 0.717) is 5.75 Å². The highest BCUT2D eigenvalue weighted by Crippen LogP contribution is 2.19. The van der Waals surface area contributed by atoms with E-state index >= 15 is 0 Å². The Balaban J connectivity index is 1.77. The van der Waals surface area contributed by atoms with Crippen molar-refractivity contribution < 1.29 is 9.59 Å². The minimum Gasteiger partial charge on any atom is -0.346 e. The van der Waals surface area contributed by atoms with Gasteiger partial charge in [0.2, 0.25) is 11.8 Å². The monoisotopic (exact) mass is 342 g/mol. The number of thioether (sulfide) groups is 1. The first-order valence-corrected chi connectivity index (χ1v) is 8.76. The molecular weight excluding hydrogens is 320 g/mol. The molecule has 24 heavy (non-hydrogen) atoms. The molecule has 0 heterocycles. The normalized spacial score (nSPS) is 10.3. The lowest BCUT2D eigenvalue weighted by Crippen LogP contribution is -2.34. The van der Waals surface area contributed by atoms with E-state index in [-0.39, 0.29) is 18.4 Å². The first-order valence-electron chi connectivity index (χ1n) is 7.78. The summed E-state index contributed by atoms with van der Waals surface area (Å²) in [5.74, 6) is -0.0852. The van der Waals surface area contributed by atoms with Crippen LogP contribution in [0.1, 0.15) is 16.7 Å². The van der Waals surface area contributed by atoms with Crippen LogP contribution in [0.25, 0.3) is 0 Å². The summed E-state index contributed by atoms with van der Waals surface area (Å²) in [6.07, 6.45) is 0. The zero-order valence-corrected chi connectivity index (χ0v) is 15.0. The molecule has 2 amide bonds. The van der Waals surface area contributed by atoms with E-state index in [9.17, 15) is 9.59 Å². The molecule has 0 fully saturated rings. The molecule has 0 aliphatic rings. The minimum atomic E-state index is -0.221. The van der Waals surface area contributed by atoms with Gasteiger partial charge in [-0.1, -0.05) is 35.9 Å². The maximum absolute atomic E-state index is 12.0. The van der Waals surface area contributed by atoms with Crippen molar-refractivity contribution in [3.63, 3.8) is 0 Å². The summed E-state index contributed by atoms with van der Waals surface area (Å²) in [6, 6.07) is 13.8. The van der Waals surface area contributed by atoms with Crippen molar-refractivity contribution in [2.24, 2.45) is 0 Å². The number of nitrogens with one attached hydrogen (secondary N) is 2. The number of para-hydroxylation sites is 1. The maximum Gasteiger partial charge on any atom is 0.243 e. The summed E-state index contributed by atoms with van der Waals surface area (Å²) in [5.41, 5.74) is 4.01. The van der Waals surface area contributed by atoms with Crippen LogP contribution in [0.5, 0.6) is 0 Å². The fraction of sp³-hybridized carbons (Fsp3) is 0.263. The molecule has 0 aromatic heterocycles. The van der Waals surface area contributed by atoms with Crippen molar-refractivity contribution in [3.8, 4) is 0 Å². The second-order valence-corrected chi connectivity index (χ2v) is 6.74. The zero-order valence-electron chi connectivity index (χ0n) is 14.2. The number of anilines is 1. The molecule has 0 bridgehead atoms. The SMILES string of the molecule is Cc1ccc(SCC(=O)NCC(=O)Nc2c(C)cccc2C)cc1. The first kappa shape index (κ1) is 18.1. The molecule has 2 aromatic rings. The van der Waals surface area contributed by atoms with Gasteiger partial charge in [-0.2, -0.15) is 0 Å². The van der Waals surface area contributed by atoms with Crippen LogP contribution < -0.4 is 10.6 Å². The van der Waals surface area contributed by atoms with Gasteiger partial charge in [-0.05, 0) is 44.0 Å². The highest BCUT2D eigenvalue weighted by Gasteiger charge is 2.09. The Morgan fingerprint density at radius 2 is 1.54 bits per heavy atom. The van der Waals surface area contributed by atoms with Crippen LogP contribution in [0.4, 0.5) is 5.69 Å². The van der Waals surface area contributed by atoms with Gasteiger partial charge < -0.3 is 10.6 Å². The number of hydrogen-bond donors (Lipinski definition) is 2. The molecule has 0 unspecified atom stereocenters. The number of carbonyl (C=O) groups excluding carboxylic acids is 2. The fourth-order valence-electron chi connectivity index (χ4n) is 2.21. The Bertz CT molecular complexity index is 706. The Morgan fingerprint density at radius 3 is 2.17 bits per heavy atom. The molecule has 0 atom stereocenters. The Hall–Kier alpha value is -2.27. The third kappa shape index (κ3) is 5.42. The van der Waals surface area contributed by atoms with Gasteiger partial charge in [0.05, 0.1) is 12.3 Å². The second kappa shape index (κ2) is 8.55. The quantitative estimate of drug-likeness (QED) is 0.791. The fourth-order valence-corrected chi connectivity index (χ4v) is 2.94. The first-order chi connectivity index (χ1) is 11.5. The van der Waals surface area contributed by atoms with Crippen LogP contribution in [0.15, 0.2) is 47.4 Å². The maximum atomic E-state index is 12.0. The lowest BCUT2D eigenvalue weighted by atomic mass is 10.1. The summed E-state index contributed by atoms with van der Waals surface area (Å²) in [4.78, 5) is 24.9. The van der Waals surface area contributed by atoms with Crippen molar-refractivity contribution in [2.45, 2.75) is 25.7 Å². The number of carbonyl (C=O) groups is 2. The van der Waals surface area contributed by atoms with Crippen molar-refractivity contribution in [3.05, 3.63) is 59.2 Å². The highest BCUT2D eigenvalue weighted by atomic mass is 32.2. The molecule has 0 aliphatic heterocycles. The van der Waals surface area contributed by atoms with Gasteiger partial charge in [-0.3, -0.25) is 9.59 Å². The van der Waals surface area contributed by atoms with Crippen LogP contribution in [0.2, 0.25) is 0 Å². The lowest BCUT2D eigenvalue weighted by Gasteiger charge is -2.12. The molecule has 0 aliphatic carbocycles. The van der Waals surface area contributed by atoms with E-state index in [1.807, 2.05) is 63.2 Å². The van der Waals surface area contributed by atoms with E-state index in [2.05, 4.69) is 10.6 Å². The summed E-state index contributed by atoms with van der Waals surface area (Å²) in [7, 11) is 0. The molecule has 0 spiro atoms. The average Bonchev–Trinajstić information content (AvgIpc) is 2.56. The second-order valence-electron chi connectivity index (χ2n) is 5.69. The lowest BCUT2D eigenvalue weighted by molar-refractivity contribution is -0.122. The summed E-state index contributed by atoms with van der Waals surface area (Å²) < 4.78 is 0. The van der Waals surface area contributed by atoms with Crippen molar-refractivity contribution in [2.75, 3.05) is 17.6 Å². The minimum absolute atomic E-state index is 0.0267. The standard InChI is InChI=1S/C19H22N2O2S/c1-13-7-9-16(10-8-13)24-12-18(23)20-11-17(22)21-19-14(2)5-4-6-15(19)3/h4-10H,11-12H2,1-3H3,(H,20,23)(H,21,22). The zero-order chi connectivity index (χ0) is 17.5. The smallest absolute Gasteiger partial charge is 0.243 e. The highest BCUT2D eigenvalue weighted by molar-refractivity contribution is 8.00. The number of rotatable bonds is 6. The molecule has 126 valence electrons. The van der Waals surface area contributed by atoms with Gasteiger partial charge in [-0.25, -0.2) is 0 Å². The van der Waals surface area contributed by atoms with Gasteiger partial charge in [0.1, 0.15) is 0 Å². The number of hydrogen-bond acceptors (Lipinski definition) is 3. The molecule has 0 radical (unpaired) electrons. The van der Waals surface area contributed by atoms with Crippen molar-refractivity contribution in [1.29, 1.82) is 0 Å². The van der Waals surface area contributed by atoms with E-state index in [4.69, 9.17) is 0 Å². The Labute approximate surface area is 147 Å². The third-order valence-electron chi connectivity index (χ3n) is 3.58. The predicted octanol–water partition coefficient (Wildman–Crippen LogP) is 3.46. The summed E-state index contributed by atoms with van der Waals surface area (Å²) in [6.45, 7) is 5.88. The average molecular weight is 342 g/mol. The molecule has 4 nitrogen and oxygen atoms in total. The van der Waals surface area contributed by atoms with Gasteiger partial charge >= 0.3 is 0 Å². The molecule has 5 heteroatoms. The molecule has 2 N–H and O–H groups in total. The van der Waals surface area contributed by atoms with E-state index < -0.39 is 0 Å². The van der Waals surface area contributed by atoms with Crippen LogP contribution in [-0.4, -0.2) is 24.1 Å². The topological polar surface area (TPSA) is 58.2 Å². The molecular formula is C19H22N2O2S. The van der Waals surface area contributed by atoms with Crippen LogP contribution in [0.3, 0.4) is 0 Å². The van der Waals surface area contributed by atoms with Gasteiger partial charge in [0.15, 0.2) is 0 Å². The molecule has 2 rings (SSSR count). The number of amides is 2. The van der Waals surface area contributed by atoms with Gasteiger partial charge in [0.25, 0.3) is 0 Å². The van der Waals surface area contributed by atoms with Crippen LogP contribution in [0, 0.1) is 20.8 Å². The number of benzene rings is 2. The van der Waals surface area contributed by atoms with E-state index in [1.54, 1.807) is 0 Å². The Morgan fingerprint density at radius 1 is 0.917 bits per heavy atom. The molecule has 0 saturated carbocycles. The molecule has 0 saturated heterocycles. The number of aryl methyl sites for hydroxylation is 3. The van der Waals surface area contributed by atoms with Crippen molar-refractivity contribution in [1.82, 2.24) is 5.32 Å². The third-order valence-corrected chi connectivity index (χ3v) is 4.59. The summed E-state index contributed by atoms with van der Waals surface area (Å²) >= 11 is 1.45. The van der Waals surface area contributed by atoms with E-state index in [1.165, 1.54) is 17.3 Å². The Kier molecular flexibility index (Phi) is 6.44. The van der Waals surface area contributed by atoms with Crippen molar-refractivity contribution >= 4 is 29.3 Å². The van der Waals surface area contributed by atoms with E-state index in [0.717, 1.165) is 21.7 Å². The van der Waals surface area contributed by atoms with Crippen LogP contribution >= 0.6 is 11.8 Å². The largest absolute Gasteiger partial charge is 0.346 e. The predicted molar refractivity (Wildman–Crippen MR) is 99.5 cm³/mol. The summed E-state index contributed by atoms with van der Waals surface area (Å²) in [5, 5.41) is 5.50. The molecule has 2 aromatic carbocycles. The van der Waals surface area contributed by atoms with Gasteiger partial charge in [-0.15, -0.1) is 11.8 Å². The van der Waals surface area contributed by atoms with Gasteiger partial charge in [0, 0.05) is 10.6 Å². The van der Waals surface area contributed by atoms with Crippen LogP contribution in [-0.2, 0) is 9.59 Å².